The van der Waals surface area contributed by atoms with Gasteiger partial charge in [0.25, 0.3) is 0 Å². The van der Waals surface area contributed by atoms with E-state index in [9.17, 15) is 18.3 Å². The van der Waals surface area contributed by atoms with Crippen molar-refractivity contribution in [2.45, 2.75) is 0 Å². The number of rotatable bonds is 8. The molecular weight excluding hydrogens is 383 g/mol. The van der Waals surface area contributed by atoms with E-state index >= 15 is 0 Å². The van der Waals surface area contributed by atoms with E-state index in [2.05, 4.69) is 17.7 Å². The van der Waals surface area contributed by atoms with E-state index in [1.54, 1.807) is 0 Å². The zero-order valence-electron chi connectivity index (χ0n) is 10.4. The van der Waals surface area contributed by atoms with Crippen LogP contribution in [0.5, 0.6) is 0 Å². The summed E-state index contributed by atoms with van der Waals surface area (Å²) in [6.45, 7) is -1.60. The third-order valence-corrected chi connectivity index (χ3v) is 5.07. The van der Waals surface area contributed by atoms with Gasteiger partial charge in [-0.05, 0) is 0 Å². The molecule has 20 heavy (non-hydrogen) atoms. The molecule has 0 saturated heterocycles. The quantitative estimate of drug-likeness (QED) is 0.134. The topological polar surface area (TPSA) is 227 Å². The van der Waals surface area contributed by atoms with Gasteiger partial charge < -0.3 is 30.8 Å². The van der Waals surface area contributed by atoms with Crippen LogP contribution >= 0.6 is 31.3 Å². The van der Waals surface area contributed by atoms with E-state index in [0.29, 0.717) is 0 Å². The molecule has 0 aliphatic carbocycles. The van der Waals surface area contributed by atoms with Crippen LogP contribution in [0.1, 0.15) is 1.43 Å². The van der Waals surface area contributed by atoms with Gasteiger partial charge in [-0.2, -0.15) is 8.62 Å². The fraction of sp³-hybridized carbons (Fsp3) is 1.00. The van der Waals surface area contributed by atoms with Crippen molar-refractivity contribution in [1.29, 1.82) is 0 Å². The van der Waals surface area contributed by atoms with Gasteiger partial charge in [0.2, 0.25) is 0 Å². The zero-order chi connectivity index (χ0) is 15.5. The molecule has 0 rings (SSSR count). The van der Waals surface area contributed by atoms with E-state index < -0.39 is 38.1 Å². The number of hydrogen-bond acceptors (Lipinski definition) is 8. The fourth-order valence-corrected chi connectivity index (χ4v) is 3.46. The van der Waals surface area contributed by atoms with Crippen molar-refractivity contribution < 1.29 is 96.3 Å². The smallest absolute Gasteiger partial charge is 1.00 e. The molecule has 0 amide bonds. The van der Waals surface area contributed by atoms with Crippen molar-refractivity contribution in [1.82, 2.24) is 0 Å². The van der Waals surface area contributed by atoms with Crippen LogP contribution in [0.2, 0.25) is 0 Å². The van der Waals surface area contributed by atoms with Crippen molar-refractivity contribution in [2.75, 3.05) is 6.79 Å². The van der Waals surface area contributed by atoms with Crippen LogP contribution in [-0.2, 0) is 35.9 Å². The average Bonchev–Trinajstić information content (AvgIpc) is 1.90. The van der Waals surface area contributed by atoms with Crippen LogP contribution in [0, 0.1) is 0 Å². The Labute approximate surface area is 134 Å². The van der Waals surface area contributed by atoms with Crippen LogP contribution in [0.4, 0.5) is 0 Å². The molecule has 0 aromatic carbocycles. The van der Waals surface area contributed by atoms with Gasteiger partial charge >= 0.3 is 60.8 Å². The number of hydrogen-bond donors (Lipinski definition) is 6. The summed E-state index contributed by atoms with van der Waals surface area (Å²) in [5.74, 6) is 0. The minimum Gasteiger partial charge on any atom is -1.00 e. The van der Waals surface area contributed by atoms with Crippen LogP contribution in [0.15, 0.2) is 0 Å². The van der Waals surface area contributed by atoms with Crippen LogP contribution < -0.4 is 29.6 Å². The molecule has 2 unspecified atom stereocenters. The molecule has 0 aromatic heterocycles. The molecule has 0 fully saturated rings. The van der Waals surface area contributed by atoms with Gasteiger partial charge in [0.15, 0.2) is 6.79 Å². The number of phosphoric acid groups is 4. The normalized spacial score (nSPS) is 18.7. The van der Waals surface area contributed by atoms with Crippen molar-refractivity contribution in [3.63, 3.8) is 0 Å². The molecule has 0 spiro atoms. The maximum Gasteiger partial charge on any atom is 1.00 e. The third-order valence-electron chi connectivity index (χ3n) is 0.851. The summed E-state index contributed by atoms with van der Waals surface area (Å²) < 4.78 is 55.7. The molecular formula is CH9NaO14P4. The van der Waals surface area contributed by atoms with Gasteiger partial charge in [-0.15, -0.1) is 0 Å². The second-order valence-electron chi connectivity index (χ2n) is 2.46. The van der Waals surface area contributed by atoms with Crippen molar-refractivity contribution >= 4 is 31.3 Å². The Morgan fingerprint density at radius 1 is 0.700 bits per heavy atom. The van der Waals surface area contributed by atoms with Gasteiger partial charge in [0, 0.05) is 0 Å². The largest absolute Gasteiger partial charge is 1.00 e. The Hall–Kier alpha value is 1.52. The Bertz CT molecular complexity index is 445. The van der Waals surface area contributed by atoms with Gasteiger partial charge in [-0.1, -0.05) is 0 Å². The van der Waals surface area contributed by atoms with Gasteiger partial charge in [0.1, 0.15) is 0 Å². The molecule has 118 valence electrons. The summed E-state index contributed by atoms with van der Waals surface area (Å²) in [5.41, 5.74) is 0. The van der Waals surface area contributed by atoms with Crippen molar-refractivity contribution in [3.8, 4) is 0 Å². The molecule has 19 heteroatoms. The van der Waals surface area contributed by atoms with Crippen LogP contribution in [-0.4, -0.2) is 36.2 Å². The first-order valence-corrected chi connectivity index (χ1v) is 9.65. The Balaban J connectivity index is -0.00000162. The van der Waals surface area contributed by atoms with Crippen LogP contribution in [0.3, 0.4) is 0 Å². The Morgan fingerprint density at radius 2 is 0.950 bits per heavy atom. The van der Waals surface area contributed by atoms with Crippen LogP contribution in [0.25, 0.3) is 0 Å². The summed E-state index contributed by atoms with van der Waals surface area (Å²) in [7, 11) is -21.4. The SMILES string of the molecule is O=P(O)(O)OP(=O)(O)OCOP(=O)(O)OP(=O)(O)O.[H-].[Na+]. The molecule has 0 aliphatic heterocycles. The summed E-state index contributed by atoms with van der Waals surface area (Å²) >= 11 is 0. The van der Waals surface area contributed by atoms with Gasteiger partial charge in [0.05, 0.1) is 0 Å². The first kappa shape index (κ1) is 23.8. The summed E-state index contributed by atoms with van der Waals surface area (Å²) in [6.07, 6.45) is 0. The monoisotopic (exact) mass is 392 g/mol. The van der Waals surface area contributed by atoms with E-state index in [-0.39, 0.29) is 31.0 Å². The predicted octanol–water partition coefficient (Wildman–Crippen LogP) is -3.49. The van der Waals surface area contributed by atoms with E-state index in [1.165, 1.54) is 0 Å². The number of phosphoric ester groups is 2. The maximum absolute atomic E-state index is 10.8. The zero-order valence-corrected chi connectivity index (χ0v) is 15.0. The minimum absolute atomic E-state index is 0. The summed E-state index contributed by atoms with van der Waals surface area (Å²) in [5, 5.41) is 0. The molecule has 0 radical (unpaired) electrons. The molecule has 14 nitrogen and oxygen atoms in total. The Kier molecular flexibility index (Phi) is 9.98. The molecule has 6 N–H and O–H groups in total. The molecule has 0 aromatic rings. The van der Waals surface area contributed by atoms with Gasteiger partial charge in [-0.3, -0.25) is 9.05 Å². The first-order valence-electron chi connectivity index (χ1n) is 3.60. The van der Waals surface area contributed by atoms with Gasteiger partial charge in [-0.25, -0.2) is 18.3 Å². The third kappa shape index (κ3) is 14.5. The fourth-order valence-electron chi connectivity index (χ4n) is 0.473. The average molecular weight is 392 g/mol. The molecule has 2 atom stereocenters. The molecule has 0 aliphatic rings. The van der Waals surface area contributed by atoms with E-state index in [4.69, 9.17) is 29.4 Å². The predicted molar refractivity (Wildman–Crippen MR) is 54.1 cm³/mol. The second-order valence-corrected chi connectivity index (χ2v) is 8.12. The minimum atomic E-state index is -5.38. The van der Waals surface area contributed by atoms with E-state index in [1.807, 2.05) is 0 Å². The second kappa shape index (κ2) is 8.39. The maximum atomic E-state index is 10.8. The first-order chi connectivity index (χ1) is 8.12. The summed E-state index contributed by atoms with van der Waals surface area (Å²) in [6, 6.07) is 0. The van der Waals surface area contributed by atoms with Crippen molar-refractivity contribution in [2.24, 2.45) is 0 Å². The van der Waals surface area contributed by atoms with E-state index in [0.717, 1.165) is 0 Å². The standard InChI is InChI=1S/CH8O14P4.Na.H/c2-16(3,4)14-18(8,9)12-1-13-19(10,11)15-17(5,6)7;;/h1H2,(H,8,9)(H,10,11)(H2,2,3,4)(H2,5,6,7);;/q;+1;-1. The Morgan fingerprint density at radius 3 is 1.15 bits per heavy atom. The molecule has 0 saturated carbocycles. The molecule has 0 bridgehead atoms. The van der Waals surface area contributed by atoms with Crippen molar-refractivity contribution in [3.05, 3.63) is 0 Å². The summed E-state index contributed by atoms with van der Waals surface area (Å²) in [4.78, 5) is 50.0. The molecule has 0 heterocycles.